The van der Waals surface area contributed by atoms with Crippen molar-refractivity contribution in [3.63, 3.8) is 0 Å². The highest BCUT2D eigenvalue weighted by molar-refractivity contribution is 6.36. The molecule has 0 saturated carbocycles. The Labute approximate surface area is 161 Å². The third-order valence-corrected chi connectivity index (χ3v) is 5.31. The predicted molar refractivity (Wildman–Crippen MR) is 107 cm³/mol. The fourth-order valence-electron chi connectivity index (χ4n) is 3.40. The third kappa shape index (κ3) is 2.98. The van der Waals surface area contributed by atoms with Crippen molar-refractivity contribution in [3.8, 4) is 0 Å². The van der Waals surface area contributed by atoms with Gasteiger partial charge in [0.1, 0.15) is 0 Å². The molecule has 4 rings (SSSR count). The van der Waals surface area contributed by atoms with Crippen molar-refractivity contribution in [1.82, 2.24) is 5.01 Å². The number of nitrogens with zero attached hydrogens (tertiary/aromatic N) is 2. The first-order valence-corrected chi connectivity index (χ1v) is 9.10. The molecule has 3 nitrogen and oxygen atoms in total. The number of amides is 1. The molecule has 0 spiro atoms. The van der Waals surface area contributed by atoms with Gasteiger partial charge in [-0.2, -0.15) is 5.10 Å². The maximum absolute atomic E-state index is 12.2. The molecule has 1 atom stereocenters. The zero-order valence-electron chi connectivity index (χ0n) is 14.1. The monoisotopic (exact) mass is 382 g/mol. The molecule has 1 heterocycles. The van der Waals surface area contributed by atoms with E-state index in [0.29, 0.717) is 16.5 Å². The fourth-order valence-corrected chi connectivity index (χ4v) is 4.05. The van der Waals surface area contributed by atoms with Crippen LogP contribution in [-0.4, -0.2) is 16.6 Å². The summed E-state index contributed by atoms with van der Waals surface area (Å²) in [4.78, 5) is 12.2. The molecule has 0 saturated heterocycles. The van der Waals surface area contributed by atoms with Gasteiger partial charge in [-0.1, -0.05) is 65.7 Å². The molecule has 26 heavy (non-hydrogen) atoms. The number of rotatable bonds is 2. The molecule has 0 unspecified atom stereocenters. The second-order valence-corrected chi connectivity index (χ2v) is 7.14. The molecule has 0 aliphatic carbocycles. The van der Waals surface area contributed by atoms with Crippen molar-refractivity contribution in [2.24, 2.45) is 5.10 Å². The van der Waals surface area contributed by atoms with E-state index in [9.17, 15) is 4.79 Å². The highest BCUT2D eigenvalue weighted by Gasteiger charge is 2.34. The van der Waals surface area contributed by atoms with E-state index in [1.807, 2.05) is 18.2 Å². The van der Waals surface area contributed by atoms with Crippen LogP contribution >= 0.6 is 23.2 Å². The Morgan fingerprint density at radius 3 is 2.38 bits per heavy atom. The van der Waals surface area contributed by atoms with Crippen LogP contribution in [-0.2, 0) is 4.79 Å². The quantitative estimate of drug-likeness (QED) is 0.547. The summed E-state index contributed by atoms with van der Waals surface area (Å²) in [5, 5.41) is 9.47. The third-order valence-electron chi connectivity index (χ3n) is 4.65. The summed E-state index contributed by atoms with van der Waals surface area (Å²) in [6, 6.07) is 19.5. The van der Waals surface area contributed by atoms with Gasteiger partial charge in [0.05, 0.1) is 11.8 Å². The molecule has 3 aromatic rings. The number of carbonyl (C=O) groups excluding carboxylic acids is 1. The van der Waals surface area contributed by atoms with E-state index in [2.05, 4.69) is 29.4 Å². The SMILES string of the molecule is CC(=O)N1N=C(c2ccc3ccccc3c2)C[C@@H]1c1c(Cl)cccc1Cl. The van der Waals surface area contributed by atoms with E-state index in [-0.39, 0.29) is 11.9 Å². The first-order valence-electron chi connectivity index (χ1n) is 8.35. The molecule has 1 aliphatic heterocycles. The van der Waals surface area contributed by atoms with Gasteiger partial charge in [0.25, 0.3) is 0 Å². The molecular weight excluding hydrogens is 367 g/mol. The molecule has 0 fully saturated rings. The molecule has 3 aromatic carbocycles. The summed E-state index contributed by atoms with van der Waals surface area (Å²) >= 11 is 12.8. The Kier molecular flexibility index (Phi) is 4.43. The Balaban J connectivity index is 1.76. The summed E-state index contributed by atoms with van der Waals surface area (Å²) in [5.74, 6) is -0.137. The number of hydrogen-bond acceptors (Lipinski definition) is 2. The van der Waals surface area contributed by atoms with E-state index < -0.39 is 0 Å². The molecule has 0 radical (unpaired) electrons. The summed E-state index contributed by atoms with van der Waals surface area (Å²) in [5.41, 5.74) is 2.60. The highest BCUT2D eigenvalue weighted by atomic mass is 35.5. The van der Waals surface area contributed by atoms with Gasteiger partial charge in [-0.05, 0) is 34.5 Å². The van der Waals surface area contributed by atoms with Crippen LogP contribution in [0.25, 0.3) is 10.8 Å². The lowest BCUT2D eigenvalue weighted by Crippen LogP contribution is -2.24. The van der Waals surface area contributed by atoms with E-state index in [4.69, 9.17) is 23.2 Å². The second kappa shape index (κ2) is 6.75. The first kappa shape index (κ1) is 17.1. The maximum Gasteiger partial charge on any atom is 0.240 e. The Hall–Kier alpha value is -2.36. The maximum atomic E-state index is 12.2. The van der Waals surface area contributed by atoms with E-state index in [1.165, 1.54) is 17.3 Å². The average molecular weight is 383 g/mol. The van der Waals surface area contributed by atoms with Gasteiger partial charge in [-0.3, -0.25) is 4.79 Å². The van der Waals surface area contributed by atoms with Crippen LogP contribution in [0, 0.1) is 0 Å². The standard InChI is InChI=1S/C21H16Cl2N2O/c1-13(26)25-20(21-17(22)7-4-8-18(21)23)12-19(24-25)16-10-9-14-5-2-3-6-15(14)11-16/h2-11,20H,12H2,1H3/t20-/m1/s1. The van der Waals surface area contributed by atoms with Crippen LogP contribution in [0.5, 0.6) is 0 Å². The minimum Gasteiger partial charge on any atom is -0.273 e. The van der Waals surface area contributed by atoms with Crippen molar-refractivity contribution in [1.29, 1.82) is 0 Å². The van der Waals surface area contributed by atoms with Crippen molar-refractivity contribution >= 4 is 45.6 Å². The van der Waals surface area contributed by atoms with E-state index in [1.54, 1.807) is 18.2 Å². The molecule has 1 aliphatic rings. The number of fused-ring (bicyclic) bond motifs is 1. The minimum atomic E-state index is -0.296. The van der Waals surface area contributed by atoms with Gasteiger partial charge in [-0.25, -0.2) is 5.01 Å². The lowest BCUT2D eigenvalue weighted by Gasteiger charge is -2.22. The predicted octanol–water partition coefficient (Wildman–Crippen LogP) is 5.84. The van der Waals surface area contributed by atoms with Crippen LogP contribution in [0.4, 0.5) is 0 Å². The summed E-state index contributed by atoms with van der Waals surface area (Å²) in [6.45, 7) is 1.50. The van der Waals surface area contributed by atoms with Gasteiger partial charge in [-0.15, -0.1) is 0 Å². The van der Waals surface area contributed by atoms with Crippen molar-refractivity contribution in [3.05, 3.63) is 81.8 Å². The van der Waals surface area contributed by atoms with E-state index >= 15 is 0 Å². The Morgan fingerprint density at radius 1 is 1.00 bits per heavy atom. The van der Waals surface area contributed by atoms with Gasteiger partial charge in [0, 0.05) is 29.0 Å². The lowest BCUT2D eigenvalue weighted by molar-refractivity contribution is -0.130. The van der Waals surface area contributed by atoms with Crippen LogP contribution in [0.2, 0.25) is 10.0 Å². The normalized spacial score (nSPS) is 16.8. The largest absolute Gasteiger partial charge is 0.273 e. The summed E-state index contributed by atoms with van der Waals surface area (Å²) in [6.07, 6.45) is 0.571. The molecule has 0 N–H and O–H groups in total. The fraction of sp³-hybridized carbons (Fsp3) is 0.143. The van der Waals surface area contributed by atoms with Gasteiger partial charge in [0.2, 0.25) is 5.91 Å². The highest BCUT2D eigenvalue weighted by Crippen LogP contribution is 2.40. The molecule has 0 bridgehead atoms. The number of halogens is 2. The number of carbonyl (C=O) groups is 1. The number of hydrazone groups is 1. The van der Waals surface area contributed by atoms with Crippen LogP contribution in [0.1, 0.15) is 30.5 Å². The summed E-state index contributed by atoms with van der Waals surface area (Å²) < 4.78 is 0. The Bertz CT molecular complexity index is 1020. The van der Waals surface area contributed by atoms with Crippen LogP contribution in [0.3, 0.4) is 0 Å². The van der Waals surface area contributed by atoms with Gasteiger partial charge < -0.3 is 0 Å². The summed E-state index contributed by atoms with van der Waals surface area (Å²) in [7, 11) is 0. The van der Waals surface area contributed by atoms with Gasteiger partial charge in [0.15, 0.2) is 0 Å². The molecule has 1 amide bonds. The molecular formula is C21H16Cl2N2O. The number of benzene rings is 3. The van der Waals surface area contributed by atoms with E-state index in [0.717, 1.165) is 22.2 Å². The van der Waals surface area contributed by atoms with Crippen LogP contribution < -0.4 is 0 Å². The van der Waals surface area contributed by atoms with Gasteiger partial charge >= 0.3 is 0 Å². The van der Waals surface area contributed by atoms with Crippen molar-refractivity contribution < 1.29 is 4.79 Å². The molecule has 0 aromatic heterocycles. The smallest absolute Gasteiger partial charge is 0.240 e. The first-order chi connectivity index (χ1) is 12.5. The zero-order chi connectivity index (χ0) is 18.3. The second-order valence-electron chi connectivity index (χ2n) is 6.33. The molecule has 5 heteroatoms. The van der Waals surface area contributed by atoms with Crippen molar-refractivity contribution in [2.75, 3.05) is 0 Å². The number of hydrogen-bond donors (Lipinski definition) is 0. The average Bonchev–Trinajstić information content (AvgIpc) is 3.06. The zero-order valence-corrected chi connectivity index (χ0v) is 15.6. The van der Waals surface area contributed by atoms with Crippen molar-refractivity contribution in [2.45, 2.75) is 19.4 Å². The Morgan fingerprint density at radius 2 is 1.69 bits per heavy atom. The topological polar surface area (TPSA) is 32.7 Å². The molecule has 130 valence electrons. The minimum absolute atomic E-state index is 0.137. The lowest BCUT2D eigenvalue weighted by atomic mass is 9.97. The van der Waals surface area contributed by atoms with Crippen LogP contribution in [0.15, 0.2) is 65.8 Å².